The summed E-state index contributed by atoms with van der Waals surface area (Å²) in [5.41, 5.74) is 4.72. The Kier molecular flexibility index (Phi) is 4.90. The Hall–Kier alpha value is -2.80. The van der Waals surface area contributed by atoms with Crippen LogP contribution in [0.3, 0.4) is 0 Å². The highest BCUT2D eigenvalue weighted by Crippen LogP contribution is 2.34. The van der Waals surface area contributed by atoms with Crippen LogP contribution in [0.25, 0.3) is 6.08 Å². The van der Waals surface area contributed by atoms with E-state index in [1.165, 1.54) is 5.56 Å². The van der Waals surface area contributed by atoms with Crippen molar-refractivity contribution in [3.8, 4) is 0 Å². The van der Waals surface area contributed by atoms with E-state index in [9.17, 15) is 0 Å². The molecule has 0 N–H and O–H groups in total. The molecule has 0 bridgehead atoms. The molecule has 0 unspecified atom stereocenters. The van der Waals surface area contributed by atoms with Crippen LogP contribution in [-0.4, -0.2) is 0 Å². The van der Waals surface area contributed by atoms with Crippen molar-refractivity contribution < 1.29 is 0 Å². The Bertz CT molecular complexity index is 703. The maximum atomic E-state index is 2.27. The molecule has 0 atom stereocenters. The van der Waals surface area contributed by atoms with E-state index in [1.807, 2.05) is 12.1 Å². The normalized spacial score (nSPS) is 10.8. The molecule has 3 aromatic rings. The van der Waals surface area contributed by atoms with E-state index in [0.29, 0.717) is 0 Å². The average molecular weight is 299 g/mol. The molecule has 3 rings (SSSR count). The molecule has 23 heavy (non-hydrogen) atoms. The number of nitrogens with zero attached hydrogens (tertiary/aromatic N) is 1. The van der Waals surface area contributed by atoms with Crippen molar-refractivity contribution in [3.63, 3.8) is 0 Å². The Morgan fingerprint density at radius 1 is 0.652 bits per heavy atom. The zero-order chi connectivity index (χ0) is 15.9. The monoisotopic (exact) mass is 299 g/mol. The average Bonchev–Trinajstić information content (AvgIpc) is 2.63. The van der Waals surface area contributed by atoms with Crippen LogP contribution < -0.4 is 4.90 Å². The smallest absolute Gasteiger partial charge is 0.0462 e. The molecule has 0 spiro atoms. The van der Waals surface area contributed by atoms with Gasteiger partial charge in [-0.05, 0) is 48.4 Å². The quantitative estimate of drug-likeness (QED) is 0.514. The molecule has 3 aromatic carbocycles. The summed E-state index contributed by atoms with van der Waals surface area (Å²) < 4.78 is 0. The predicted octanol–water partition coefficient (Wildman–Crippen LogP) is 6.58. The van der Waals surface area contributed by atoms with Crippen LogP contribution in [0.4, 0.5) is 17.1 Å². The van der Waals surface area contributed by atoms with Crippen LogP contribution in [-0.2, 0) is 0 Å². The molecular weight excluding hydrogens is 278 g/mol. The summed E-state index contributed by atoms with van der Waals surface area (Å²) in [4.78, 5) is 2.27. The van der Waals surface area contributed by atoms with Gasteiger partial charge >= 0.3 is 0 Å². The predicted molar refractivity (Wildman–Crippen MR) is 100 cm³/mol. The second-order valence-corrected chi connectivity index (χ2v) is 5.41. The van der Waals surface area contributed by atoms with E-state index in [2.05, 4.69) is 96.8 Å². The fourth-order valence-corrected chi connectivity index (χ4v) is 2.59. The van der Waals surface area contributed by atoms with Crippen molar-refractivity contribution in [1.82, 2.24) is 0 Å². The minimum atomic E-state index is 1.06. The van der Waals surface area contributed by atoms with Gasteiger partial charge in [-0.3, -0.25) is 0 Å². The fraction of sp³-hybridized carbons (Fsp3) is 0.0909. The molecule has 0 aliphatic carbocycles. The third-order valence-electron chi connectivity index (χ3n) is 3.73. The number of rotatable bonds is 5. The molecule has 0 fully saturated rings. The van der Waals surface area contributed by atoms with Crippen molar-refractivity contribution >= 4 is 23.1 Å². The maximum Gasteiger partial charge on any atom is 0.0462 e. The van der Waals surface area contributed by atoms with Crippen molar-refractivity contribution in [1.29, 1.82) is 0 Å². The topological polar surface area (TPSA) is 3.24 Å². The van der Waals surface area contributed by atoms with Gasteiger partial charge in [0.2, 0.25) is 0 Å². The van der Waals surface area contributed by atoms with E-state index in [4.69, 9.17) is 0 Å². The molecule has 0 aliphatic heterocycles. The summed E-state index contributed by atoms with van der Waals surface area (Å²) in [7, 11) is 0. The van der Waals surface area contributed by atoms with Crippen molar-refractivity contribution in [3.05, 3.63) is 96.6 Å². The highest BCUT2D eigenvalue weighted by Gasteiger charge is 2.10. The molecular formula is C22H21N. The second kappa shape index (κ2) is 7.46. The first kappa shape index (κ1) is 15.1. The first-order valence-corrected chi connectivity index (χ1v) is 8.05. The Labute approximate surface area is 138 Å². The molecule has 1 heteroatoms. The van der Waals surface area contributed by atoms with Crippen LogP contribution in [0, 0.1) is 0 Å². The Balaban J connectivity index is 2.00. The van der Waals surface area contributed by atoms with Crippen LogP contribution in [0.1, 0.15) is 18.9 Å². The molecule has 0 saturated carbocycles. The fourth-order valence-electron chi connectivity index (χ4n) is 2.59. The highest BCUT2D eigenvalue weighted by atomic mass is 15.1. The summed E-state index contributed by atoms with van der Waals surface area (Å²) in [5.74, 6) is 0. The van der Waals surface area contributed by atoms with E-state index < -0.39 is 0 Å². The zero-order valence-electron chi connectivity index (χ0n) is 13.4. The van der Waals surface area contributed by atoms with Crippen molar-refractivity contribution in [2.45, 2.75) is 13.3 Å². The number of allylic oxidation sites excluding steroid dienone is 1. The van der Waals surface area contributed by atoms with Gasteiger partial charge in [0.05, 0.1) is 0 Å². The number of hydrogen-bond donors (Lipinski definition) is 0. The Morgan fingerprint density at radius 3 is 1.61 bits per heavy atom. The lowest BCUT2D eigenvalue weighted by molar-refractivity contribution is 1.23. The van der Waals surface area contributed by atoms with Crippen LogP contribution in [0.5, 0.6) is 0 Å². The minimum absolute atomic E-state index is 1.06. The zero-order valence-corrected chi connectivity index (χ0v) is 13.4. The standard InChI is InChI=1S/C22H21N/c1-2-3-10-19-15-17-22(18-16-19)23(20-11-6-4-7-12-20)21-13-8-5-9-14-21/h3-18H,2H2,1H3/b10-3+. The molecule has 0 aromatic heterocycles. The first-order chi connectivity index (χ1) is 11.4. The highest BCUT2D eigenvalue weighted by molar-refractivity contribution is 5.76. The number of anilines is 3. The van der Waals surface area contributed by atoms with Gasteiger partial charge in [-0.25, -0.2) is 0 Å². The van der Waals surface area contributed by atoms with E-state index >= 15 is 0 Å². The lowest BCUT2D eigenvalue weighted by atomic mass is 10.1. The van der Waals surface area contributed by atoms with Gasteiger partial charge in [-0.2, -0.15) is 0 Å². The molecule has 0 heterocycles. The molecule has 1 nitrogen and oxygen atoms in total. The molecule has 114 valence electrons. The second-order valence-electron chi connectivity index (χ2n) is 5.41. The molecule has 0 amide bonds. The summed E-state index contributed by atoms with van der Waals surface area (Å²) in [5, 5.41) is 0. The number of hydrogen-bond acceptors (Lipinski definition) is 1. The van der Waals surface area contributed by atoms with E-state index in [-0.39, 0.29) is 0 Å². The van der Waals surface area contributed by atoms with Gasteiger partial charge in [0, 0.05) is 17.1 Å². The Morgan fingerprint density at radius 2 is 1.13 bits per heavy atom. The molecule has 0 aliphatic rings. The van der Waals surface area contributed by atoms with Crippen LogP contribution in [0.15, 0.2) is 91.0 Å². The van der Waals surface area contributed by atoms with Gasteiger partial charge < -0.3 is 4.90 Å². The van der Waals surface area contributed by atoms with Gasteiger partial charge in [0.25, 0.3) is 0 Å². The first-order valence-electron chi connectivity index (χ1n) is 8.05. The summed E-state index contributed by atoms with van der Waals surface area (Å²) >= 11 is 0. The van der Waals surface area contributed by atoms with E-state index in [1.54, 1.807) is 0 Å². The van der Waals surface area contributed by atoms with Crippen molar-refractivity contribution in [2.24, 2.45) is 0 Å². The van der Waals surface area contributed by atoms with Crippen LogP contribution >= 0.6 is 0 Å². The van der Waals surface area contributed by atoms with Gasteiger partial charge in [-0.1, -0.05) is 67.6 Å². The van der Waals surface area contributed by atoms with Gasteiger partial charge in [-0.15, -0.1) is 0 Å². The van der Waals surface area contributed by atoms with Crippen LogP contribution in [0.2, 0.25) is 0 Å². The summed E-state index contributed by atoms with van der Waals surface area (Å²) in [6, 6.07) is 29.6. The lowest BCUT2D eigenvalue weighted by Gasteiger charge is -2.25. The number of benzene rings is 3. The van der Waals surface area contributed by atoms with E-state index in [0.717, 1.165) is 23.5 Å². The van der Waals surface area contributed by atoms with Gasteiger partial charge in [0.15, 0.2) is 0 Å². The number of para-hydroxylation sites is 2. The molecule has 0 radical (unpaired) electrons. The third kappa shape index (κ3) is 3.70. The molecule has 0 saturated heterocycles. The van der Waals surface area contributed by atoms with Crippen molar-refractivity contribution in [2.75, 3.05) is 4.90 Å². The maximum absolute atomic E-state index is 2.27. The SMILES string of the molecule is CC/C=C/c1ccc(N(c2ccccc2)c2ccccc2)cc1. The summed E-state index contributed by atoms with van der Waals surface area (Å²) in [6.07, 6.45) is 5.40. The summed E-state index contributed by atoms with van der Waals surface area (Å²) in [6.45, 7) is 2.15. The third-order valence-corrected chi connectivity index (χ3v) is 3.73. The lowest BCUT2D eigenvalue weighted by Crippen LogP contribution is -2.09. The minimum Gasteiger partial charge on any atom is -0.311 e. The van der Waals surface area contributed by atoms with Gasteiger partial charge in [0.1, 0.15) is 0 Å². The largest absolute Gasteiger partial charge is 0.311 e.